The van der Waals surface area contributed by atoms with Crippen LogP contribution < -0.4 is 0 Å². The topological polar surface area (TPSA) is 49.8 Å². The molecule has 2 aromatic rings. The molecule has 2 saturated heterocycles. The van der Waals surface area contributed by atoms with Crippen molar-refractivity contribution >= 4 is 6.09 Å². The average molecular weight is 363 g/mol. The molecule has 140 valence electrons. The fraction of sp³-hybridized carbons (Fsp3) is 0.435. The van der Waals surface area contributed by atoms with Crippen LogP contribution in [0.15, 0.2) is 48.5 Å². The van der Waals surface area contributed by atoms with E-state index in [-0.39, 0.29) is 30.7 Å². The van der Waals surface area contributed by atoms with Crippen molar-refractivity contribution in [2.75, 3.05) is 13.2 Å². The fourth-order valence-electron chi connectivity index (χ4n) is 5.41. The predicted molar refractivity (Wildman–Crippen MR) is 104 cm³/mol. The summed E-state index contributed by atoms with van der Waals surface area (Å²) < 4.78 is 5.85. The maximum atomic E-state index is 12.9. The number of piperidine rings is 1. The number of hydrogen-bond acceptors (Lipinski definition) is 3. The second-order valence-electron chi connectivity index (χ2n) is 8.12. The van der Waals surface area contributed by atoms with Gasteiger partial charge in [0.2, 0.25) is 0 Å². The van der Waals surface area contributed by atoms with E-state index in [1.807, 2.05) is 4.90 Å². The molecule has 0 radical (unpaired) electrons. The first-order chi connectivity index (χ1) is 13.3. The van der Waals surface area contributed by atoms with E-state index >= 15 is 0 Å². The minimum Gasteiger partial charge on any atom is -0.448 e. The third-order valence-corrected chi connectivity index (χ3v) is 6.64. The van der Waals surface area contributed by atoms with Crippen molar-refractivity contribution in [3.8, 4) is 11.1 Å². The average Bonchev–Trinajstić information content (AvgIpc) is 3.17. The van der Waals surface area contributed by atoms with Crippen LogP contribution in [0.3, 0.4) is 0 Å². The van der Waals surface area contributed by atoms with E-state index in [2.05, 4.69) is 48.5 Å². The van der Waals surface area contributed by atoms with E-state index in [0.717, 1.165) is 25.7 Å². The van der Waals surface area contributed by atoms with Crippen LogP contribution >= 0.6 is 0 Å². The maximum Gasteiger partial charge on any atom is 0.410 e. The highest BCUT2D eigenvalue weighted by atomic mass is 16.6. The van der Waals surface area contributed by atoms with Gasteiger partial charge >= 0.3 is 6.09 Å². The second-order valence-corrected chi connectivity index (χ2v) is 8.12. The van der Waals surface area contributed by atoms with Gasteiger partial charge in [-0.15, -0.1) is 0 Å². The van der Waals surface area contributed by atoms with Crippen molar-refractivity contribution in [2.24, 2.45) is 5.92 Å². The predicted octanol–water partition coefficient (Wildman–Crippen LogP) is 4.17. The second kappa shape index (κ2) is 6.68. The highest BCUT2D eigenvalue weighted by molar-refractivity contribution is 5.79. The summed E-state index contributed by atoms with van der Waals surface area (Å²) in [4.78, 5) is 14.8. The third-order valence-electron chi connectivity index (χ3n) is 6.64. The zero-order chi connectivity index (χ0) is 18.4. The molecule has 4 heteroatoms. The van der Waals surface area contributed by atoms with Gasteiger partial charge in [-0.05, 0) is 53.9 Å². The first-order valence-electron chi connectivity index (χ1n) is 10.0. The van der Waals surface area contributed by atoms with Gasteiger partial charge in [-0.1, -0.05) is 48.5 Å². The van der Waals surface area contributed by atoms with Crippen LogP contribution in [0.25, 0.3) is 11.1 Å². The van der Waals surface area contributed by atoms with Crippen LogP contribution in [0, 0.1) is 5.92 Å². The number of rotatable bonds is 3. The van der Waals surface area contributed by atoms with E-state index in [1.54, 1.807) is 0 Å². The zero-order valence-electron chi connectivity index (χ0n) is 15.4. The minimum absolute atomic E-state index is 0.106. The molecule has 2 fully saturated rings. The van der Waals surface area contributed by atoms with E-state index in [4.69, 9.17) is 4.74 Å². The summed E-state index contributed by atoms with van der Waals surface area (Å²) in [5.41, 5.74) is 4.98. The SMILES string of the molecule is O=C(OCC1c2ccccc2-c2ccccc21)N1C2CCC1CC(CO)C2. The molecule has 3 aliphatic rings. The molecule has 2 aliphatic heterocycles. The van der Waals surface area contributed by atoms with Gasteiger partial charge in [0.05, 0.1) is 0 Å². The number of ether oxygens (including phenoxy) is 1. The van der Waals surface area contributed by atoms with Crippen molar-refractivity contribution < 1.29 is 14.6 Å². The van der Waals surface area contributed by atoms with Gasteiger partial charge in [-0.2, -0.15) is 0 Å². The van der Waals surface area contributed by atoms with Crippen LogP contribution in [-0.2, 0) is 4.74 Å². The maximum absolute atomic E-state index is 12.9. The molecular formula is C23H25NO3. The number of nitrogens with zero attached hydrogens (tertiary/aromatic N) is 1. The van der Waals surface area contributed by atoms with Gasteiger partial charge in [0, 0.05) is 24.6 Å². The van der Waals surface area contributed by atoms with Gasteiger partial charge in [-0.3, -0.25) is 0 Å². The van der Waals surface area contributed by atoms with Crippen LogP contribution in [0.1, 0.15) is 42.7 Å². The van der Waals surface area contributed by atoms with Gasteiger partial charge in [0.25, 0.3) is 0 Å². The summed E-state index contributed by atoms with van der Waals surface area (Å²) >= 11 is 0. The Morgan fingerprint density at radius 3 is 2.07 bits per heavy atom. The molecule has 2 atom stereocenters. The standard InChI is InChI=1S/C23H25NO3/c25-13-15-11-16-9-10-17(12-15)24(16)23(26)27-14-22-20-7-3-1-5-18(20)19-6-2-4-8-21(19)22/h1-8,15-17,22,25H,9-14H2. The molecule has 4 nitrogen and oxygen atoms in total. The number of amides is 1. The molecule has 0 saturated carbocycles. The Kier molecular flexibility index (Phi) is 4.16. The summed E-state index contributed by atoms with van der Waals surface area (Å²) in [7, 11) is 0. The van der Waals surface area contributed by atoms with Crippen molar-refractivity contribution in [2.45, 2.75) is 43.7 Å². The van der Waals surface area contributed by atoms with Crippen LogP contribution in [0.5, 0.6) is 0 Å². The van der Waals surface area contributed by atoms with E-state index in [1.165, 1.54) is 22.3 Å². The van der Waals surface area contributed by atoms with Crippen LogP contribution in [-0.4, -0.2) is 41.4 Å². The summed E-state index contributed by atoms with van der Waals surface area (Å²) in [6, 6.07) is 17.3. The number of carbonyl (C=O) groups is 1. The highest BCUT2D eigenvalue weighted by Gasteiger charge is 2.44. The molecule has 2 heterocycles. The highest BCUT2D eigenvalue weighted by Crippen LogP contribution is 2.45. The van der Waals surface area contributed by atoms with E-state index < -0.39 is 0 Å². The monoisotopic (exact) mass is 363 g/mol. The molecule has 1 aliphatic carbocycles. The summed E-state index contributed by atoms with van der Waals surface area (Å²) in [5.74, 6) is 0.439. The molecule has 2 bridgehead atoms. The molecule has 0 spiro atoms. The van der Waals surface area contributed by atoms with Crippen molar-refractivity contribution in [1.82, 2.24) is 4.90 Å². The van der Waals surface area contributed by atoms with Crippen molar-refractivity contribution in [3.63, 3.8) is 0 Å². The number of aliphatic hydroxyl groups is 1. The lowest BCUT2D eigenvalue weighted by Crippen LogP contribution is -2.47. The smallest absolute Gasteiger partial charge is 0.410 e. The number of hydrogen-bond donors (Lipinski definition) is 1. The van der Waals surface area contributed by atoms with Crippen LogP contribution in [0.2, 0.25) is 0 Å². The van der Waals surface area contributed by atoms with Gasteiger partial charge < -0.3 is 14.7 Å². The van der Waals surface area contributed by atoms with Crippen molar-refractivity contribution in [3.05, 3.63) is 59.7 Å². The Balaban J connectivity index is 1.33. The zero-order valence-corrected chi connectivity index (χ0v) is 15.4. The lowest BCUT2D eigenvalue weighted by Gasteiger charge is -2.37. The van der Waals surface area contributed by atoms with E-state index in [9.17, 15) is 9.90 Å². The normalized spacial score (nSPS) is 26.0. The summed E-state index contributed by atoms with van der Waals surface area (Å²) in [6.45, 7) is 0.609. The molecule has 0 aromatic heterocycles. The first kappa shape index (κ1) is 16.8. The minimum atomic E-state index is -0.180. The largest absolute Gasteiger partial charge is 0.448 e. The number of carbonyl (C=O) groups excluding carboxylic acids is 1. The van der Waals surface area contributed by atoms with Crippen molar-refractivity contribution in [1.29, 1.82) is 0 Å². The first-order valence-corrected chi connectivity index (χ1v) is 10.0. The molecule has 2 unspecified atom stereocenters. The molecule has 5 rings (SSSR count). The van der Waals surface area contributed by atoms with Gasteiger partial charge in [-0.25, -0.2) is 4.79 Å². The Morgan fingerprint density at radius 1 is 0.963 bits per heavy atom. The molecular weight excluding hydrogens is 338 g/mol. The summed E-state index contributed by atoms with van der Waals surface area (Å²) in [6.07, 6.45) is 3.69. The van der Waals surface area contributed by atoms with Gasteiger partial charge in [0.15, 0.2) is 0 Å². The fourth-order valence-corrected chi connectivity index (χ4v) is 5.41. The molecule has 1 N–H and O–H groups in total. The lowest BCUT2D eigenvalue weighted by molar-refractivity contribution is 0.0450. The third kappa shape index (κ3) is 2.74. The molecule has 1 amide bonds. The Hall–Kier alpha value is -2.33. The number of fused-ring (bicyclic) bond motifs is 5. The Morgan fingerprint density at radius 2 is 1.52 bits per heavy atom. The molecule has 2 aromatic carbocycles. The quantitative estimate of drug-likeness (QED) is 0.890. The Labute approximate surface area is 159 Å². The van der Waals surface area contributed by atoms with Gasteiger partial charge in [0.1, 0.15) is 6.61 Å². The van der Waals surface area contributed by atoms with E-state index in [0.29, 0.717) is 12.5 Å². The van der Waals surface area contributed by atoms with Crippen LogP contribution in [0.4, 0.5) is 4.79 Å². The number of benzene rings is 2. The molecule has 27 heavy (non-hydrogen) atoms. The Bertz CT molecular complexity index is 805. The summed E-state index contributed by atoms with van der Waals surface area (Å²) in [5, 5.41) is 9.48. The lowest BCUT2D eigenvalue weighted by atomic mass is 9.92. The number of aliphatic hydroxyl groups excluding tert-OH is 1.